The molecule has 0 heterocycles. The quantitative estimate of drug-likeness (QED) is 0.338. The van der Waals surface area contributed by atoms with E-state index in [1.165, 1.54) is 12.1 Å². The monoisotopic (exact) mass is 454 g/mol. The summed E-state index contributed by atoms with van der Waals surface area (Å²) in [5, 5.41) is 0. The van der Waals surface area contributed by atoms with Crippen LogP contribution in [0.25, 0.3) is 0 Å². The van der Waals surface area contributed by atoms with Crippen LogP contribution in [0.4, 0.5) is 26.3 Å². The van der Waals surface area contributed by atoms with Crippen LogP contribution in [0.1, 0.15) is 61.1 Å². The summed E-state index contributed by atoms with van der Waals surface area (Å²) in [5.74, 6) is -3.31. The topological polar surface area (TPSA) is 9.23 Å². The average molecular weight is 454 g/mol. The van der Waals surface area contributed by atoms with Crippen LogP contribution in [-0.2, 0) is 6.42 Å². The van der Waals surface area contributed by atoms with Gasteiger partial charge in [-0.3, -0.25) is 0 Å². The Morgan fingerprint density at radius 3 is 2.47 bits per heavy atom. The van der Waals surface area contributed by atoms with Crippen molar-refractivity contribution in [3.8, 4) is 5.75 Å². The predicted octanol–water partition coefficient (Wildman–Crippen LogP) is 7.81. The molecule has 2 aliphatic carbocycles. The fourth-order valence-corrected chi connectivity index (χ4v) is 5.58. The Labute approximate surface area is 183 Å². The Hall–Kier alpha value is -2.44. The van der Waals surface area contributed by atoms with E-state index < -0.39 is 29.6 Å². The van der Waals surface area contributed by atoms with Gasteiger partial charge in [-0.25, -0.2) is 13.2 Å². The SMILES string of the molecule is CC/C=C/[C@@H]1CC[C@H]2c3cc(F)cc(F)c3CC[C@@H]2[C@H]1c1ccc(OC(F)(F)F)c(F)c1. The van der Waals surface area contributed by atoms with Gasteiger partial charge in [0.2, 0.25) is 0 Å². The van der Waals surface area contributed by atoms with Gasteiger partial charge in [0.05, 0.1) is 0 Å². The first-order valence-corrected chi connectivity index (χ1v) is 10.9. The fraction of sp³-hybridized carbons (Fsp3) is 0.440. The van der Waals surface area contributed by atoms with Gasteiger partial charge in [0.1, 0.15) is 11.6 Å². The van der Waals surface area contributed by atoms with E-state index in [4.69, 9.17) is 0 Å². The van der Waals surface area contributed by atoms with E-state index in [1.54, 1.807) is 0 Å². The zero-order chi connectivity index (χ0) is 23.0. The number of ether oxygens (including phenoxy) is 1. The van der Waals surface area contributed by atoms with Crippen LogP contribution in [-0.4, -0.2) is 6.36 Å². The number of hydrogen-bond donors (Lipinski definition) is 0. The molecule has 0 bridgehead atoms. The Kier molecular flexibility index (Phi) is 6.28. The summed E-state index contributed by atoms with van der Waals surface area (Å²) in [4.78, 5) is 0. The molecule has 32 heavy (non-hydrogen) atoms. The molecule has 0 N–H and O–H groups in total. The molecule has 0 radical (unpaired) electrons. The molecule has 2 aromatic rings. The lowest BCUT2D eigenvalue weighted by atomic mass is 9.58. The van der Waals surface area contributed by atoms with E-state index >= 15 is 0 Å². The third kappa shape index (κ3) is 4.52. The van der Waals surface area contributed by atoms with E-state index in [0.29, 0.717) is 29.5 Å². The van der Waals surface area contributed by atoms with Gasteiger partial charge in [0, 0.05) is 6.07 Å². The number of hydrogen-bond acceptors (Lipinski definition) is 1. The molecule has 1 nitrogen and oxygen atoms in total. The van der Waals surface area contributed by atoms with Crippen LogP contribution in [0.5, 0.6) is 5.75 Å². The molecule has 0 saturated heterocycles. The maximum Gasteiger partial charge on any atom is 0.573 e. The van der Waals surface area contributed by atoms with Gasteiger partial charge in [-0.2, -0.15) is 0 Å². The molecular weight excluding hydrogens is 430 g/mol. The van der Waals surface area contributed by atoms with Crippen molar-refractivity contribution in [2.45, 2.75) is 57.2 Å². The van der Waals surface area contributed by atoms with Gasteiger partial charge in [0.25, 0.3) is 0 Å². The average Bonchev–Trinajstić information content (AvgIpc) is 2.72. The second kappa shape index (κ2) is 8.83. The van der Waals surface area contributed by atoms with Crippen LogP contribution in [0, 0.1) is 29.3 Å². The first kappa shape index (κ1) is 22.7. The Balaban J connectivity index is 1.73. The van der Waals surface area contributed by atoms with Crippen molar-refractivity contribution < 1.29 is 31.1 Å². The summed E-state index contributed by atoms with van der Waals surface area (Å²) in [7, 11) is 0. The lowest BCUT2D eigenvalue weighted by molar-refractivity contribution is -0.275. The molecule has 0 aliphatic heterocycles. The predicted molar refractivity (Wildman–Crippen MR) is 109 cm³/mol. The molecule has 7 heteroatoms. The molecule has 2 aliphatic rings. The van der Waals surface area contributed by atoms with Crippen LogP contribution >= 0.6 is 0 Å². The minimum absolute atomic E-state index is 0.00209. The van der Waals surface area contributed by atoms with Crippen molar-refractivity contribution in [1.29, 1.82) is 0 Å². The van der Waals surface area contributed by atoms with Gasteiger partial charge < -0.3 is 4.74 Å². The number of alkyl halides is 3. The molecule has 4 atom stereocenters. The molecular formula is C25H24F6O. The van der Waals surface area contributed by atoms with Gasteiger partial charge in [0.15, 0.2) is 11.6 Å². The summed E-state index contributed by atoms with van der Waals surface area (Å²) in [6.07, 6.45) is 2.53. The molecule has 0 unspecified atom stereocenters. The zero-order valence-electron chi connectivity index (χ0n) is 17.6. The van der Waals surface area contributed by atoms with E-state index in [9.17, 15) is 26.3 Å². The maximum atomic E-state index is 14.5. The molecule has 172 valence electrons. The molecule has 1 fully saturated rings. The minimum Gasteiger partial charge on any atom is -0.403 e. The minimum atomic E-state index is -4.98. The fourth-order valence-electron chi connectivity index (χ4n) is 5.58. The Morgan fingerprint density at radius 2 is 1.78 bits per heavy atom. The van der Waals surface area contributed by atoms with Crippen molar-refractivity contribution in [2.24, 2.45) is 11.8 Å². The number of benzene rings is 2. The second-order valence-electron chi connectivity index (χ2n) is 8.61. The van der Waals surface area contributed by atoms with Crippen molar-refractivity contribution in [3.63, 3.8) is 0 Å². The first-order valence-electron chi connectivity index (χ1n) is 10.9. The summed E-state index contributed by atoms with van der Waals surface area (Å²) in [5.41, 5.74) is 1.78. The highest BCUT2D eigenvalue weighted by Gasteiger charge is 2.43. The molecule has 0 spiro atoms. The third-order valence-corrected chi connectivity index (χ3v) is 6.76. The summed E-state index contributed by atoms with van der Waals surface area (Å²) in [6, 6.07) is 5.91. The number of fused-ring (bicyclic) bond motifs is 3. The van der Waals surface area contributed by atoms with Crippen LogP contribution in [0.2, 0.25) is 0 Å². The molecule has 1 saturated carbocycles. The first-order chi connectivity index (χ1) is 15.2. The highest BCUT2D eigenvalue weighted by atomic mass is 19.4. The van der Waals surface area contributed by atoms with E-state index in [-0.39, 0.29) is 23.7 Å². The smallest absolute Gasteiger partial charge is 0.403 e. The van der Waals surface area contributed by atoms with Crippen molar-refractivity contribution in [3.05, 3.63) is 76.6 Å². The Morgan fingerprint density at radius 1 is 1.00 bits per heavy atom. The summed E-state index contributed by atoms with van der Waals surface area (Å²) < 4.78 is 84.3. The highest BCUT2D eigenvalue weighted by Crippen LogP contribution is 2.54. The maximum absolute atomic E-state index is 14.5. The third-order valence-electron chi connectivity index (χ3n) is 6.76. The largest absolute Gasteiger partial charge is 0.573 e. The summed E-state index contributed by atoms with van der Waals surface area (Å²) >= 11 is 0. The molecule has 2 aromatic carbocycles. The van der Waals surface area contributed by atoms with Crippen molar-refractivity contribution in [2.75, 3.05) is 0 Å². The van der Waals surface area contributed by atoms with Crippen LogP contribution in [0.15, 0.2) is 42.5 Å². The van der Waals surface area contributed by atoms with Crippen molar-refractivity contribution >= 4 is 0 Å². The van der Waals surface area contributed by atoms with Gasteiger partial charge >= 0.3 is 6.36 Å². The lowest BCUT2D eigenvalue weighted by Gasteiger charge is -2.46. The molecule has 0 amide bonds. The van der Waals surface area contributed by atoms with Gasteiger partial charge in [-0.05, 0) is 90.7 Å². The van der Waals surface area contributed by atoms with E-state index in [2.05, 4.69) is 10.8 Å². The number of rotatable bonds is 4. The standard InChI is InChI=1S/C25H24F6O/c1-2-3-4-14-5-7-17-19(9-8-18-20(17)12-16(26)13-21(18)27)24(14)15-6-10-23(22(28)11-15)32-25(29,30)31/h3-4,6,10-14,17,19,24H,2,5,7-9H2,1H3/b4-3+/t14-,17-,19+,24-/m1/s1. The second-order valence-corrected chi connectivity index (χ2v) is 8.61. The highest BCUT2D eigenvalue weighted by molar-refractivity contribution is 5.39. The number of halogens is 6. The molecule has 0 aromatic heterocycles. The number of allylic oxidation sites excluding steroid dienone is 2. The van der Waals surface area contributed by atoms with Gasteiger partial charge in [-0.15, -0.1) is 13.2 Å². The van der Waals surface area contributed by atoms with Gasteiger partial charge in [-0.1, -0.05) is 25.1 Å². The Bertz CT molecular complexity index is 1010. The van der Waals surface area contributed by atoms with Crippen LogP contribution in [0.3, 0.4) is 0 Å². The van der Waals surface area contributed by atoms with E-state index in [1.807, 2.05) is 13.0 Å². The zero-order valence-corrected chi connectivity index (χ0v) is 17.6. The lowest BCUT2D eigenvalue weighted by Crippen LogP contribution is -2.35. The molecule has 4 rings (SSSR count). The van der Waals surface area contributed by atoms with E-state index in [0.717, 1.165) is 37.5 Å². The normalized spacial score (nSPS) is 25.5. The van der Waals surface area contributed by atoms with Crippen LogP contribution < -0.4 is 4.74 Å². The van der Waals surface area contributed by atoms with Crippen molar-refractivity contribution in [1.82, 2.24) is 0 Å². The summed E-state index contributed by atoms with van der Waals surface area (Å²) in [6.45, 7) is 2.00.